The first-order chi connectivity index (χ1) is 10.3. The topological polar surface area (TPSA) is 38.3 Å². The monoisotopic (exact) mass is 291 g/mol. The molecular formula is C18H29NO2. The molecular weight excluding hydrogens is 262 g/mol. The van der Waals surface area contributed by atoms with Gasteiger partial charge in [0.15, 0.2) is 0 Å². The molecule has 3 nitrogen and oxygen atoms in total. The summed E-state index contributed by atoms with van der Waals surface area (Å²) >= 11 is 0. The van der Waals surface area contributed by atoms with E-state index in [4.69, 9.17) is 4.74 Å². The van der Waals surface area contributed by atoms with Gasteiger partial charge in [0.1, 0.15) is 0 Å². The van der Waals surface area contributed by atoms with Gasteiger partial charge in [-0.25, -0.2) is 0 Å². The van der Waals surface area contributed by atoms with E-state index in [1.165, 1.54) is 45.6 Å². The number of rotatable bonds is 11. The van der Waals surface area contributed by atoms with E-state index in [1.807, 2.05) is 30.3 Å². The van der Waals surface area contributed by atoms with Crippen LogP contribution in [0.3, 0.4) is 0 Å². The number of unbranched alkanes of at least 4 members (excludes halogenated alkanes) is 5. The Morgan fingerprint density at radius 2 is 1.76 bits per heavy atom. The first-order valence-electron chi connectivity index (χ1n) is 8.13. The van der Waals surface area contributed by atoms with Crippen LogP contribution in [-0.4, -0.2) is 26.2 Å². The van der Waals surface area contributed by atoms with E-state index < -0.39 is 0 Å². The van der Waals surface area contributed by atoms with Crippen molar-refractivity contribution in [1.82, 2.24) is 5.32 Å². The van der Waals surface area contributed by atoms with Gasteiger partial charge >= 0.3 is 5.97 Å². The third-order valence-electron chi connectivity index (χ3n) is 3.74. The highest BCUT2D eigenvalue weighted by molar-refractivity contribution is 5.78. The largest absolute Gasteiger partial charge is 0.469 e. The Bertz CT molecular complexity index is 378. The van der Waals surface area contributed by atoms with E-state index in [0.717, 1.165) is 12.1 Å². The summed E-state index contributed by atoms with van der Waals surface area (Å²) in [6.45, 7) is 3.84. The fraction of sp³-hybridized carbons (Fsp3) is 0.611. The fourth-order valence-corrected chi connectivity index (χ4v) is 2.44. The van der Waals surface area contributed by atoms with E-state index in [9.17, 15) is 4.79 Å². The standard InChI is InChI=1S/C18H29NO2/c1-3-4-5-6-7-11-14-19-15-17(18(20)21-2)16-12-9-8-10-13-16/h8-10,12-13,17,19H,3-7,11,14-15H2,1-2H3. The highest BCUT2D eigenvalue weighted by Crippen LogP contribution is 2.16. The molecule has 0 heterocycles. The average Bonchev–Trinajstić information content (AvgIpc) is 2.53. The second-order valence-electron chi connectivity index (χ2n) is 5.46. The van der Waals surface area contributed by atoms with Gasteiger partial charge < -0.3 is 10.1 Å². The molecule has 1 aromatic rings. The van der Waals surface area contributed by atoms with Crippen LogP contribution in [0.1, 0.15) is 56.9 Å². The number of carbonyl (C=O) groups excluding carboxylic acids is 1. The van der Waals surface area contributed by atoms with Gasteiger partial charge in [0, 0.05) is 6.54 Å². The molecule has 0 aliphatic carbocycles. The summed E-state index contributed by atoms with van der Waals surface area (Å²) in [7, 11) is 1.45. The second-order valence-corrected chi connectivity index (χ2v) is 5.46. The Hall–Kier alpha value is -1.35. The maximum absolute atomic E-state index is 11.9. The number of esters is 1. The van der Waals surface area contributed by atoms with Gasteiger partial charge in [-0.3, -0.25) is 4.79 Å². The van der Waals surface area contributed by atoms with Crippen molar-refractivity contribution in [2.24, 2.45) is 0 Å². The molecule has 0 amide bonds. The van der Waals surface area contributed by atoms with Crippen molar-refractivity contribution in [3.63, 3.8) is 0 Å². The smallest absolute Gasteiger partial charge is 0.314 e. The van der Waals surface area contributed by atoms with Crippen molar-refractivity contribution in [3.05, 3.63) is 35.9 Å². The fourth-order valence-electron chi connectivity index (χ4n) is 2.44. The molecule has 0 radical (unpaired) electrons. The van der Waals surface area contributed by atoms with Crippen LogP contribution in [0.25, 0.3) is 0 Å². The predicted molar refractivity (Wildman–Crippen MR) is 87.4 cm³/mol. The molecule has 1 atom stereocenters. The first kappa shape index (κ1) is 17.7. The zero-order valence-electron chi connectivity index (χ0n) is 13.4. The summed E-state index contributed by atoms with van der Waals surface area (Å²) in [6.07, 6.45) is 7.72. The zero-order valence-corrected chi connectivity index (χ0v) is 13.4. The lowest BCUT2D eigenvalue weighted by Gasteiger charge is -2.15. The Balaban J connectivity index is 2.27. The number of methoxy groups -OCH3 is 1. The van der Waals surface area contributed by atoms with Gasteiger partial charge in [0.05, 0.1) is 13.0 Å². The van der Waals surface area contributed by atoms with Crippen molar-refractivity contribution in [2.75, 3.05) is 20.2 Å². The van der Waals surface area contributed by atoms with Gasteiger partial charge in [-0.15, -0.1) is 0 Å². The Labute approximate surface area is 129 Å². The summed E-state index contributed by atoms with van der Waals surface area (Å²) < 4.78 is 4.91. The molecule has 1 aromatic carbocycles. The van der Waals surface area contributed by atoms with Gasteiger partial charge in [0.25, 0.3) is 0 Å². The maximum atomic E-state index is 11.9. The number of hydrogen-bond donors (Lipinski definition) is 1. The highest BCUT2D eigenvalue weighted by Gasteiger charge is 2.20. The van der Waals surface area contributed by atoms with Crippen LogP contribution in [0, 0.1) is 0 Å². The molecule has 0 fully saturated rings. The Morgan fingerprint density at radius 3 is 2.43 bits per heavy atom. The zero-order chi connectivity index (χ0) is 15.3. The predicted octanol–water partition coefficient (Wildman–Crippen LogP) is 3.89. The van der Waals surface area contributed by atoms with E-state index in [1.54, 1.807) is 0 Å². The van der Waals surface area contributed by atoms with Gasteiger partial charge in [-0.05, 0) is 18.5 Å². The number of carbonyl (C=O) groups is 1. The lowest BCUT2D eigenvalue weighted by molar-refractivity contribution is -0.142. The van der Waals surface area contributed by atoms with Crippen LogP contribution >= 0.6 is 0 Å². The summed E-state index contributed by atoms with van der Waals surface area (Å²) in [5.74, 6) is -0.382. The molecule has 0 spiro atoms. The Morgan fingerprint density at radius 1 is 1.10 bits per heavy atom. The highest BCUT2D eigenvalue weighted by atomic mass is 16.5. The second kappa shape index (κ2) is 11.3. The lowest BCUT2D eigenvalue weighted by Crippen LogP contribution is -2.28. The normalized spacial score (nSPS) is 12.1. The minimum Gasteiger partial charge on any atom is -0.469 e. The minimum absolute atomic E-state index is 0.170. The van der Waals surface area contributed by atoms with Crippen molar-refractivity contribution < 1.29 is 9.53 Å². The molecule has 0 aromatic heterocycles. The van der Waals surface area contributed by atoms with Gasteiger partial charge in [0.2, 0.25) is 0 Å². The van der Waals surface area contributed by atoms with Crippen LogP contribution in [0.4, 0.5) is 0 Å². The molecule has 3 heteroatoms. The first-order valence-corrected chi connectivity index (χ1v) is 8.13. The molecule has 0 aliphatic heterocycles. The SMILES string of the molecule is CCCCCCCCNCC(C(=O)OC)c1ccccc1. The minimum atomic E-state index is -0.212. The summed E-state index contributed by atoms with van der Waals surface area (Å²) in [5.41, 5.74) is 1.01. The molecule has 21 heavy (non-hydrogen) atoms. The summed E-state index contributed by atoms with van der Waals surface area (Å²) in [5, 5.41) is 3.39. The molecule has 1 N–H and O–H groups in total. The van der Waals surface area contributed by atoms with E-state index in [2.05, 4.69) is 12.2 Å². The molecule has 0 bridgehead atoms. The third-order valence-corrected chi connectivity index (χ3v) is 3.74. The van der Waals surface area contributed by atoms with Crippen LogP contribution in [0.15, 0.2) is 30.3 Å². The summed E-state index contributed by atoms with van der Waals surface area (Å²) in [4.78, 5) is 11.9. The maximum Gasteiger partial charge on any atom is 0.314 e. The molecule has 118 valence electrons. The quantitative estimate of drug-likeness (QED) is 0.496. The van der Waals surface area contributed by atoms with Crippen LogP contribution in [-0.2, 0) is 9.53 Å². The lowest BCUT2D eigenvalue weighted by atomic mass is 9.99. The third kappa shape index (κ3) is 7.28. The number of ether oxygens (including phenoxy) is 1. The van der Waals surface area contributed by atoms with E-state index >= 15 is 0 Å². The van der Waals surface area contributed by atoms with Crippen molar-refractivity contribution in [1.29, 1.82) is 0 Å². The number of hydrogen-bond acceptors (Lipinski definition) is 3. The van der Waals surface area contributed by atoms with Crippen molar-refractivity contribution in [2.45, 2.75) is 51.4 Å². The van der Waals surface area contributed by atoms with E-state index in [-0.39, 0.29) is 11.9 Å². The van der Waals surface area contributed by atoms with Gasteiger partial charge in [-0.2, -0.15) is 0 Å². The molecule has 0 saturated carbocycles. The van der Waals surface area contributed by atoms with Crippen LogP contribution in [0.5, 0.6) is 0 Å². The molecule has 1 unspecified atom stereocenters. The van der Waals surface area contributed by atoms with Gasteiger partial charge in [-0.1, -0.05) is 69.4 Å². The Kier molecular flexibility index (Phi) is 9.55. The van der Waals surface area contributed by atoms with Crippen molar-refractivity contribution >= 4 is 5.97 Å². The summed E-state index contributed by atoms with van der Waals surface area (Å²) in [6, 6.07) is 9.83. The van der Waals surface area contributed by atoms with E-state index in [0.29, 0.717) is 6.54 Å². The number of benzene rings is 1. The average molecular weight is 291 g/mol. The molecule has 0 aliphatic rings. The number of nitrogens with one attached hydrogen (secondary N) is 1. The van der Waals surface area contributed by atoms with Crippen LogP contribution in [0.2, 0.25) is 0 Å². The molecule has 1 rings (SSSR count). The van der Waals surface area contributed by atoms with Crippen molar-refractivity contribution in [3.8, 4) is 0 Å². The molecule has 0 saturated heterocycles. The van der Waals surface area contributed by atoms with Crippen LogP contribution < -0.4 is 5.32 Å².